The fourth-order valence-corrected chi connectivity index (χ4v) is 10.4. The van der Waals surface area contributed by atoms with Crippen LogP contribution >= 0.6 is 0 Å². The highest BCUT2D eigenvalue weighted by atomic mass is 16.6. The first-order chi connectivity index (χ1) is 35.5. The molecule has 0 aliphatic carbocycles. The Morgan fingerprint density at radius 2 is 0.375 bits per heavy atom. The SMILES string of the molecule is CCCCCCCCCCCCCCCCCCCCCCCCCCCCCC(=O)OCC(COC(=O)CCCCCCCCCCCCCC)OC(=O)CCCCCCCCCCCCCCCCC. The first-order valence-electron chi connectivity index (χ1n) is 33.0. The molecule has 0 N–H and O–H groups in total. The van der Waals surface area contributed by atoms with Crippen LogP contribution in [0.4, 0.5) is 0 Å². The Balaban J connectivity index is 4.12. The topological polar surface area (TPSA) is 78.9 Å². The molecule has 6 nitrogen and oxygen atoms in total. The third-order valence-electron chi connectivity index (χ3n) is 15.4. The molecule has 0 heterocycles. The van der Waals surface area contributed by atoms with E-state index in [0.717, 1.165) is 57.8 Å². The molecule has 0 amide bonds. The smallest absolute Gasteiger partial charge is 0.306 e. The van der Waals surface area contributed by atoms with E-state index in [1.54, 1.807) is 0 Å². The molecule has 0 fully saturated rings. The van der Waals surface area contributed by atoms with Crippen molar-refractivity contribution in [3.8, 4) is 0 Å². The van der Waals surface area contributed by atoms with Gasteiger partial charge in [0.1, 0.15) is 13.2 Å². The van der Waals surface area contributed by atoms with E-state index >= 15 is 0 Å². The predicted octanol–water partition coefficient (Wildman–Crippen LogP) is 22.3. The van der Waals surface area contributed by atoms with E-state index < -0.39 is 6.10 Å². The van der Waals surface area contributed by atoms with Crippen LogP contribution in [0.1, 0.15) is 387 Å². The third kappa shape index (κ3) is 59.3. The van der Waals surface area contributed by atoms with Gasteiger partial charge in [-0.1, -0.05) is 348 Å². The molecule has 6 heteroatoms. The number of hydrogen-bond donors (Lipinski definition) is 0. The maximum Gasteiger partial charge on any atom is 0.306 e. The fraction of sp³-hybridized carbons (Fsp3) is 0.955. The van der Waals surface area contributed by atoms with Gasteiger partial charge in [0.2, 0.25) is 0 Å². The average Bonchev–Trinajstić information content (AvgIpc) is 3.38. The van der Waals surface area contributed by atoms with Crippen molar-refractivity contribution < 1.29 is 28.6 Å². The van der Waals surface area contributed by atoms with Crippen molar-refractivity contribution in [3.63, 3.8) is 0 Å². The van der Waals surface area contributed by atoms with Crippen molar-refractivity contribution >= 4 is 17.9 Å². The number of carbonyl (C=O) groups excluding carboxylic acids is 3. The number of esters is 3. The molecule has 428 valence electrons. The molecule has 0 saturated heterocycles. The molecule has 0 spiro atoms. The van der Waals surface area contributed by atoms with Crippen LogP contribution < -0.4 is 0 Å². The van der Waals surface area contributed by atoms with E-state index in [1.807, 2.05) is 0 Å². The van der Waals surface area contributed by atoms with Gasteiger partial charge in [-0.05, 0) is 19.3 Å². The van der Waals surface area contributed by atoms with Gasteiger partial charge in [0.05, 0.1) is 0 Å². The van der Waals surface area contributed by atoms with Crippen LogP contribution in [-0.4, -0.2) is 37.2 Å². The van der Waals surface area contributed by atoms with E-state index in [2.05, 4.69) is 20.8 Å². The summed E-state index contributed by atoms with van der Waals surface area (Å²) in [5, 5.41) is 0. The minimum Gasteiger partial charge on any atom is -0.462 e. The summed E-state index contributed by atoms with van der Waals surface area (Å²) in [6, 6.07) is 0. The van der Waals surface area contributed by atoms with Gasteiger partial charge in [-0.2, -0.15) is 0 Å². The van der Waals surface area contributed by atoms with E-state index in [0.29, 0.717) is 19.3 Å². The Morgan fingerprint density at radius 3 is 0.556 bits per heavy atom. The van der Waals surface area contributed by atoms with Crippen LogP contribution in [-0.2, 0) is 28.6 Å². The molecule has 0 radical (unpaired) electrons. The van der Waals surface area contributed by atoms with Crippen molar-refractivity contribution in [1.82, 2.24) is 0 Å². The van der Waals surface area contributed by atoms with Crippen molar-refractivity contribution in [2.24, 2.45) is 0 Å². The predicted molar refractivity (Wildman–Crippen MR) is 312 cm³/mol. The largest absolute Gasteiger partial charge is 0.462 e. The lowest BCUT2D eigenvalue weighted by molar-refractivity contribution is -0.167. The fourth-order valence-electron chi connectivity index (χ4n) is 10.4. The quantitative estimate of drug-likeness (QED) is 0.0343. The highest BCUT2D eigenvalue weighted by molar-refractivity contribution is 5.71. The van der Waals surface area contributed by atoms with Gasteiger partial charge in [-0.15, -0.1) is 0 Å². The Kier molecular flexibility index (Phi) is 60.6. The van der Waals surface area contributed by atoms with E-state index in [4.69, 9.17) is 14.2 Å². The van der Waals surface area contributed by atoms with E-state index in [9.17, 15) is 14.4 Å². The number of hydrogen-bond acceptors (Lipinski definition) is 6. The maximum absolute atomic E-state index is 12.9. The lowest BCUT2D eigenvalue weighted by Crippen LogP contribution is -2.30. The Labute approximate surface area is 450 Å². The van der Waals surface area contributed by atoms with Crippen molar-refractivity contribution in [1.29, 1.82) is 0 Å². The molecule has 0 aliphatic heterocycles. The van der Waals surface area contributed by atoms with Gasteiger partial charge >= 0.3 is 17.9 Å². The highest BCUT2D eigenvalue weighted by Gasteiger charge is 2.19. The molecule has 0 aliphatic rings. The minimum absolute atomic E-state index is 0.0607. The number of ether oxygens (including phenoxy) is 3. The van der Waals surface area contributed by atoms with Crippen LogP contribution in [0.15, 0.2) is 0 Å². The second kappa shape index (κ2) is 62.0. The first kappa shape index (κ1) is 70.4. The normalized spacial score (nSPS) is 11.9. The first-order valence-corrected chi connectivity index (χ1v) is 33.0. The summed E-state index contributed by atoms with van der Waals surface area (Å²) in [5.41, 5.74) is 0. The summed E-state index contributed by atoms with van der Waals surface area (Å²) in [6.07, 6.45) is 71.3. The molecule has 0 saturated carbocycles. The lowest BCUT2D eigenvalue weighted by atomic mass is 10.0. The summed E-state index contributed by atoms with van der Waals surface area (Å²) < 4.78 is 16.9. The van der Waals surface area contributed by atoms with Gasteiger partial charge in [-0.3, -0.25) is 14.4 Å². The van der Waals surface area contributed by atoms with Crippen LogP contribution in [0.3, 0.4) is 0 Å². The Bertz CT molecular complexity index is 1080. The molecule has 1 atom stereocenters. The summed E-state index contributed by atoms with van der Waals surface area (Å²) >= 11 is 0. The molecule has 0 aromatic carbocycles. The molecule has 1 unspecified atom stereocenters. The van der Waals surface area contributed by atoms with Gasteiger partial charge in [0, 0.05) is 19.3 Å². The monoisotopic (exact) mass is 1020 g/mol. The van der Waals surface area contributed by atoms with Crippen LogP contribution in [0.25, 0.3) is 0 Å². The van der Waals surface area contributed by atoms with E-state index in [1.165, 1.54) is 289 Å². The summed E-state index contributed by atoms with van der Waals surface area (Å²) in [7, 11) is 0. The number of rotatable bonds is 62. The van der Waals surface area contributed by atoms with Crippen LogP contribution in [0, 0.1) is 0 Å². The van der Waals surface area contributed by atoms with Gasteiger partial charge in [0.25, 0.3) is 0 Å². The van der Waals surface area contributed by atoms with Gasteiger partial charge in [0.15, 0.2) is 6.10 Å². The van der Waals surface area contributed by atoms with E-state index in [-0.39, 0.29) is 31.1 Å². The lowest BCUT2D eigenvalue weighted by Gasteiger charge is -2.18. The number of carbonyl (C=O) groups is 3. The van der Waals surface area contributed by atoms with Crippen LogP contribution in [0.5, 0.6) is 0 Å². The minimum atomic E-state index is -0.762. The standard InChI is InChI=1S/C66H128O6/c1-4-7-10-13-16-19-22-25-27-28-29-30-31-32-33-34-35-36-37-38-40-41-44-47-50-53-56-59-65(68)71-62-63(61-70-64(67)58-55-52-49-46-43-24-21-18-15-12-9-6-3)72-66(69)60-57-54-51-48-45-42-39-26-23-20-17-14-11-8-5-2/h63H,4-62H2,1-3H3. The summed E-state index contributed by atoms with van der Waals surface area (Å²) in [5.74, 6) is -0.827. The average molecular weight is 1020 g/mol. The van der Waals surface area contributed by atoms with Crippen LogP contribution in [0.2, 0.25) is 0 Å². The van der Waals surface area contributed by atoms with Crippen molar-refractivity contribution in [3.05, 3.63) is 0 Å². The zero-order valence-electron chi connectivity index (χ0n) is 49.2. The second-order valence-corrected chi connectivity index (χ2v) is 22.8. The molecule has 0 bridgehead atoms. The molecular weight excluding hydrogens is 889 g/mol. The van der Waals surface area contributed by atoms with Gasteiger partial charge < -0.3 is 14.2 Å². The molecule has 0 rings (SSSR count). The van der Waals surface area contributed by atoms with Crippen molar-refractivity contribution in [2.45, 2.75) is 393 Å². The third-order valence-corrected chi connectivity index (χ3v) is 15.4. The second-order valence-electron chi connectivity index (χ2n) is 22.8. The zero-order valence-corrected chi connectivity index (χ0v) is 49.2. The molecule has 0 aromatic heterocycles. The molecular formula is C66H128O6. The molecule has 72 heavy (non-hydrogen) atoms. The number of unbranched alkanes of at least 4 members (excludes halogenated alkanes) is 51. The summed E-state index contributed by atoms with van der Waals surface area (Å²) in [6.45, 7) is 6.72. The van der Waals surface area contributed by atoms with Crippen molar-refractivity contribution in [2.75, 3.05) is 13.2 Å². The highest BCUT2D eigenvalue weighted by Crippen LogP contribution is 2.19. The summed E-state index contributed by atoms with van der Waals surface area (Å²) in [4.78, 5) is 38.2. The Hall–Kier alpha value is -1.59. The van der Waals surface area contributed by atoms with Gasteiger partial charge in [-0.25, -0.2) is 0 Å². The maximum atomic E-state index is 12.9. The molecule has 0 aromatic rings. The zero-order chi connectivity index (χ0) is 52.2. The Morgan fingerprint density at radius 1 is 0.222 bits per heavy atom.